The summed E-state index contributed by atoms with van der Waals surface area (Å²) in [6.45, 7) is 0.287. The number of aliphatic hydroxyl groups excluding tert-OH is 1. The number of Topliss-reactive ketones (excluding diaryl/α,β-unsaturated/α-hetero) is 1. The number of hydrogen-bond donors (Lipinski definition) is 1. The first kappa shape index (κ1) is 20.1. The van der Waals surface area contributed by atoms with E-state index in [0.717, 1.165) is 4.88 Å². The van der Waals surface area contributed by atoms with E-state index in [2.05, 4.69) is 0 Å². The van der Waals surface area contributed by atoms with Crippen molar-refractivity contribution in [3.05, 3.63) is 88.0 Å². The molecule has 2 aromatic heterocycles. The summed E-state index contributed by atoms with van der Waals surface area (Å²) < 4.78 is 5.59. The zero-order valence-corrected chi connectivity index (χ0v) is 17.5. The molecule has 30 heavy (non-hydrogen) atoms. The highest BCUT2D eigenvalue weighted by molar-refractivity contribution is 7.10. The van der Waals surface area contributed by atoms with Crippen LogP contribution in [-0.2, 0) is 9.59 Å². The molecule has 1 amide bonds. The van der Waals surface area contributed by atoms with E-state index in [1.165, 1.54) is 11.2 Å². The minimum absolute atomic E-state index is 0.0461. The van der Waals surface area contributed by atoms with Crippen molar-refractivity contribution in [2.24, 2.45) is 0 Å². The van der Waals surface area contributed by atoms with Crippen LogP contribution in [0.25, 0.3) is 5.76 Å². The van der Waals surface area contributed by atoms with E-state index in [1.54, 1.807) is 47.7 Å². The van der Waals surface area contributed by atoms with Crippen LogP contribution in [0.2, 0.25) is 0 Å². The summed E-state index contributed by atoms with van der Waals surface area (Å²) in [5.74, 6) is -1.11. The van der Waals surface area contributed by atoms with Crippen LogP contribution < -0.4 is 0 Å². The Morgan fingerprint density at radius 2 is 1.90 bits per heavy atom. The second kappa shape index (κ2) is 8.30. The lowest BCUT2D eigenvalue weighted by atomic mass is 9.99. The summed E-state index contributed by atoms with van der Waals surface area (Å²) in [7, 11) is 3.87. The lowest BCUT2D eigenvalue weighted by Crippen LogP contribution is -2.37. The van der Waals surface area contributed by atoms with Crippen molar-refractivity contribution in [1.29, 1.82) is 0 Å². The first-order valence-electron chi connectivity index (χ1n) is 9.56. The van der Waals surface area contributed by atoms with E-state index in [9.17, 15) is 14.7 Å². The zero-order valence-electron chi connectivity index (χ0n) is 16.7. The fourth-order valence-corrected chi connectivity index (χ4v) is 4.65. The third-order valence-corrected chi connectivity index (χ3v) is 6.24. The first-order valence-corrected chi connectivity index (χ1v) is 10.4. The number of carbonyl (C=O) groups is 2. The average Bonchev–Trinajstić information content (AvgIpc) is 3.50. The minimum atomic E-state index is -0.789. The molecular weight excluding hydrogens is 400 g/mol. The summed E-state index contributed by atoms with van der Waals surface area (Å²) in [6, 6.07) is 15.3. The number of rotatable bonds is 6. The number of hydrogen-bond acceptors (Lipinski definition) is 6. The molecule has 154 valence electrons. The third-order valence-electron chi connectivity index (χ3n) is 5.26. The van der Waals surface area contributed by atoms with E-state index in [4.69, 9.17) is 4.42 Å². The maximum atomic E-state index is 13.1. The molecule has 4 rings (SSSR count). The molecule has 3 heterocycles. The van der Waals surface area contributed by atoms with Gasteiger partial charge in [0.2, 0.25) is 0 Å². The molecule has 0 spiro atoms. The van der Waals surface area contributed by atoms with Gasteiger partial charge in [-0.3, -0.25) is 9.59 Å². The number of amides is 1. The predicted octanol–water partition coefficient (Wildman–Crippen LogP) is 4.07. The van der Waals surface area contributed by atoms with Crippen molar-refractivity contribution in [3.63, 3.8) is 0 Å². The zero-order chi connectivity index (χ0) is 21.3. The monoisotopic (exact) mass is 422 g/mol. The standard InChI is InChI=1S/C23H22N2O4S/c1-24(2)16(18-11-7-13-30-18)14-25-20(17-10-6-12-29-17)19(22(27)23(25)28)21(26)15-8-4-3-5-9-15/h3-13,16,20,26H,14H2,1-2H3/t16-,20+/m0/s1. The smallest absolute Gasteiger partial charge is 0.295 e. The molecule has 0 radical (unpaired) electrons. The summed E-state index contributed by atoms with van der Waals surface area (Å²) in [4.78, 5) is 30.7. The number of ketones is 1. The quantitative estimate of drug-likeness (QED) is 0.368. The van der Waals surface area contributed by atoms with Gasteiger partial charge in [-0.25, -0.2) is 0 Å². The maximum Gasteiger partial charge on any atom is 0.295 e. The lowest BCUT2D eigenvalue weighted by Gasteiger charge is -2.31. The van der Waals surface area contributed by atoms with E-state index in [-0.39, 0.29) is 23.9 Å². The van der Waals surface area contributed by atoms with E-state index < -0.39 is 17.7 Å². The van der Waals surface area contributed by atoms with Gasteiger partial charge in [-0.15, -0.1) is 11.3 Å². The van der Waals surface area contributed by atoms with Gasteiger partial charge in [-0.2, -0.15) is 0 Å². The fourth-order valence-electron chi connectivity index (χ4n) is 3.74. The summed E-state index contributed by atoms with van der Waals surface area (Å²) in [5, 5.41) is 12.9. The van der Waals surface area contributed by atoms with Gasteiger partial charge in [0.15, 0.2) is 0 Å². The molecule has 0 unspecified atom stereocenters. The topological polar surface area (TPSA) is 74.0 Å². The molecule has 6 nitrogen and oxygen atoms in total. The Hall–Kier alpha value is -3.16. The van der Waals surface area contributed by atoms with Crippen LogP contribution in [0.3, 0.4) is 0 Å². The number of aliphatic hydroxyl groups is 1. The SMILES string of the molecule is CN(C)[C@@H](CN1C(=O)C(=O)C(=C(O)c2ccccc2)[C@H]1c1ccco1)c1cccs1. The molecule has 1 aliphatic heterocycles. The van der Waals surface area contributed by atoms with Crippen molar-refractivity contribution in [1.82, 2.24) is 9.80 Å². The number of likely N-dealkylation sites (N-methyl/N-ethyl adjacent to an activating group) is 1. The molecule has 7 heteroatoms. The van der Waals surface area contributed by atoms with Crippen LogP contribution in [0.15, 0.2) is 76.2 Å². The molecule has 1 fully saturated rings. The molecule has 2 atom stereocenters. The van der Waals surface area contributed by atoms with Gasteiger partial charge in [-0.1, -0.05) is 36.4 Å². The number of thiophene rings is 1. The van der Waals surface area contributed by atoms with Crippen molar-refractivity contribution in [3.8, 4) is 0 Å². The van der Waals surface area contributed by atoms with Crippen molar-refractivity contribution < 1.29 is 19.1 Å². The van der Waals surface area contributed by atoms with Crippen LogP contribution in [0, 0.1) is 0 Å². The summed E-state index contributed by atoms with van der Waals surface area (Å²) in [6.07, 6.45) is 1.50. The highest BCUT2D eigenvalue weighted by Crippen LogP contribution is 2.41. The second-order valence-corrected chi connectivity index (χ2v) is 8.31. The van der Waals surface area contributed by atoms with E-state index >= 15 is 0 Å². The summed E-state index contributed by atoms with van der Waals surface area (Å²) in [5.41, 5.74) is 0.527. The number of likely N-dealkylation sites (tertiary alicyclic amines) is 1. The van der Waals surface area contributed by atoms with Crippen LogP contribution >= 0.6 is 11.3 Å². The van der Waals surface area contributed by atoms with Gasteiger partial charge in [0.1, 0.15) is 17.6 Å². The molecule has 1 aromatic carbocycles. The van der Waals surface area contributed by atoms with Gasteiger partial charge in [-0.05, 0) is 37.7 Å². The molecule has 1 saturated heterocycles. The molecule has 3 aromatic rings. The predicted molar refractivity (Wildman–Crippen MR) is 115 cm³/mol. The van der Waals surface area contributed by atoms with Crippen molar-refractivity contribution in [2.45, 2.75) is 12.1 Å². The molecule has 0 bridgehead atoms. The van der Waals surface area contributed by atoms with Gasteiger partial charge in [0.05, 0.1) is 17.9 Å². The third kappa shape index (κ3) is 3.58. The molecule has 1 aliphatic rings. The maximum absolute atomic E-state index is 13.1. The van der Waals surface area contributed by atoms with Crippen molar-refractivity contribution in [2.75, 3.05) is 20.6 Å². The first-order chi connectivity index (χ1) is 14.5. The van der Waals surface area contributed by atoms with Gasteiger partial charge >= 0.3 is 0 Å². The Balaban J connectivity index is 1.80. The lowest BCUT2D eigenvalue weighted by molar-refractivity contribution is -0.140. The van der Waals surface area contributed by atoms with Crippen LogP contribution in [0.1, 0.15) is 28.3 Å². The Kier molecular flexibility index (Phi) is 5.57. The second-order valence-electron chi connectivity index (χ2n) is 7.33. The fraction of sp³-hybridized carbons (Fsp3) is 0.217. The molecule has 1 N–H and O–H groups in total. The largest absolute Gasteiger partial charge is 0.507 e. The Morgan fingerprint density at radius 3 is 2.50 bits per heavy atom. The molecule has 0 aliphatic carbocycles. The normalized spacial score (nSPS) is 19.6. The summed E-state index contributed by atoms with van der Waals surface area (Å²) >= 11 is 1.60. The highest BCUT2D eigenvalue weighted by Gasteiger charge is 2.48. The van der Waals surface area contributed by atoms with E-state index in [0.29, 0.717) is 11.3 Å². The Labute approximate surface area is 178 Å². The van der Waals surface area contributed by atoms with Gasteiger partial charge in [0, 0.05) is 17.0 Å². The van der Waals surface area contributed by atoms with Crippen LogP contribution in [-0.4, -0.2) is 47.2 Å². The van der Waals surface area contributed by atoms with E-state index in [1.807, 2.05) is 42.6 Å². The molecular formula is C23H22N2O4S. The number of benzene rings is 1. The Bertz CT molecular complexity index is 1060. The number of carbonyl (C=O) groups excluding carboxylic acids is 2. The van der Waals surface area contributed by atoms with Crippen LogP contribution in [0.4, 0.5) is 0 Å². The van der Waals surface area contributed by atoms with Crippen LogP contribution in [0.5, 0.6) is 0 Å². The van der Waals surface area contributed by atoms with Gasteiger partial charge in [0.25, 0.3) is 11.7 Å². The number of nitrogens with zero attached hydrogens (tertiary/aromatic N) is 2. The highest BCUT2D eigenvalue weighted by atomic mass is 32.1. The average molecular weight is 423 g/mol. The minimum Gasteiger partial charge on any atom is -0.507 e. The molecule has 0 saturated carbocycles. The number of furan rings is 1. The Morgan fingerprint density at radius 1 is 1.13 bits per heavy atom. The van der Waals surface area contributed by atoms with Gasteiger partial charge < -0.3 is 19.3 Å². The van der Waals surface area contributed by atoms with Crippen molar-refractivity contribution >= 4 is 28.8 Å².